The SMILES string of the molecule is COc1cc(N(C)CCN(C)C)c([N+](=O)[O-])cc1Nc1nccc(-c2nn(C)c3cc(C)ccc23)n1. The van der Waals surface area contributed by atoms with E-state index in [-0.39, 0.29) is 11.6 Å². The molecule has 0 aliphatic heterocycles. The van der Waals surface area contributed by atoms with Gasteiger partial charge in [-0.25, -0.2) is 9.97 Å². The van der Waals surface area contributed by atoms with Crippen molar-refractivity contribution in [2.45, 2.75) is 6.92 Å². The van der Waals surface area contributed by atoms with E-state index in [1.54, 1.807) is 18.3 Å². The molecule has 0 spiro atoms. The standard InChI is InChI=1S/C25H30N8O3/c1-16-7-8-17-20(13-16)32(5)29-24(17)18-9-10-26-25(27-18)28-19-14-22(33(34)35)21(15-23(19)36-6)31(4)12-11-30(2)3/h7-10,13-15H,11-12H2,1-6H3,(H,26,27,28). The molecule has 0 saturated carbocycles. The van der Waals surface area contributed by atoms with E-state index in [2.05, 4.69) is 26.4 Å². The summed E-state index contributed by atoms with van der Waals surface area (Å²) in [6.45, 7) is 3.40. The molecule has 36 heavy (non-hydrogen) atoms. The Morgan fingerprint density at radius 2 is 1.92 bits per heavy atom. The Morgan fingerprint density at radius 3 is 2.61 bits per heavy atom. The number of nitrogens with zero attached hydrogens (tertiary/aromatic N) is 7. The number of hydrogen-bond donors (Lipinski definition) is 1. The van der Waals surface area contributed by atoms with Crippen molar-refractivity contribution in [2.75, 3.05) is 51.6 Å². The minimum absolute atomic E-state index is 0.0400. The monoisotopic (exact) mass is 490 g/mol. The largest absolute Gasteiger partial charge is 0.494 e. The van der Waals surface area contributed by atoms with E-state index >= 15 is 0 Å². The quantitative estimate of drug-likeness (QED) is 0.275. The molecule has 4 rings (SSSR count). The molecule has 0 fully saturated rings. The van der Waals surface area contributed by atoms with Crippen molar-refractivity contribution in [1.82, 2.24) is 24.6 Å². The highest BCUT2D eigenvalue weighted by Crippen LogP contribution is 2.39. The molecular weight excluding hydrogens is 460 g/mol. The van der Waals surface area contributed by atoms with Crippen LogP contribution in [-0.4, -0.2) is 70.9 Å². The van der Waals surface area contributed by atoms with Gasteiger partial charge in [-0.2, -0.15) is 5.10 Å². The van der Waals surface area contributed by atoms with E-state index in [0.717, 1.165) is 28.7 Å². The predicted octanol–water partition coefficient (Wildman–Crippen LogP) is 4.00. The highest BCUT2D eigenvalue weighted by atomic mass is 16.6. The first-order valence-electron chi connectivity index (χ1n) is 11.4. The molecule has 0 aliphatic carbocycles. The summed E-state index contributed by atoms with van der Waals surface area (Å²) in [4.78, 5) is 24.3. The van der Waals surface area contributed by atoms with E-state index in [0.29, 0.717) is 29.4 Å². The zero-order chi connectivity index (χ0) is 26.0. The van der Waals surface area contributed by atoms with Gasteiger partial charge in [0, 0.05) is 50.9 Å². The van der Waals surface area contributed by atoms with Gasteiger partial charge in [0.2, 0.25) is 5.95 Å². The van der Waals surface area contributed by atoms with Crippen molar-refractivity contribution in [3.63, 3.8) is 0 Å². The molecule has 0 atom stereocenters. The number of hydrogen-bond acceptors (Lipinski definition) is 9. The van der Waals surface area contributed by atoms with Crippen molar-refractivity contribution in [3.05, 3.63) is 58.3 Å². The number of anilines is 3. The fraction of sp³-hybridized carbons (Fsp3) is 0.320. The van der Waals surface area contributed by atoms with Crippen LogP contribution in [0, 0.1) is 17.0 Å². The second kappa shape index (κ2) is 10.2. The highest BCUT2D eigenvalue weighted by Gasteiger charge is 2.22. The number of methoxy groups -OCH3 is 1. The molecule has 11 heteroatoms. The molecule has 0 saturated heterocycles. The number of likely N-dealkylation sites (N-methyl/N-ethyl adjacent to an activating group) is 2. The maximum Gasteiger partial charge on any atom is 0.294 e. The summed E-state index contributed by atoms with van der Waals surface area (Å²) < 4.78 is 7.39. The lowest BCUT2D eigenvalue weighted by molar-refractivity contribution is -0.384. The van der Waals surface area contributed by atoms with Gasteiger partial charge in [0.25, 0.3) is 5.69 Å². The maximum atomic E-state index is 11.9. The molecule has 1 N–H and O–H groups in total. The number of ether oxygens (including phenoxy) is 1. The van der Waals surface area contributed by atoms with E-state index in [9.17, 15) is 10.1 Å². The molecule has 11 nitrogen and oxygen atoms in total. The first-order valence-corrected chi connectivity index (χ1v) is 11.4. The van der Waals surface area contributed by atoms with Crippen molar-refractivity contribution in [3.8, 4) is 17.1 Å². The van der Waals surface area contributed by atoms with Crippen molar-refractivity contribution < 1.29 is 9.66 Å². The first-order chi connectivity index (χ1) is 17.2. The van der Waals surface area contributed by atoms with E-state index in [4.69, 9.17) is 4.74 Å². The Morgan fingerprint density at radius 1 is 1.14 bits per heavy atom. The Bertz CT molecular complexity index is 1420. The molecule has 2 aromatic carbocycles. The van der Waals surface area contributed by atoms with Crippen LogP contribution in [0.5, 0.6) is 5.75 Å². The molecule has 188 valence electrons. The lowest BCUT2D eigenvalue weighted by atomic mass is 10.1. The van der Waals surface area contributed by atoms with Gasteiger partial charge >= 0.3 is 0 Å². The van der Waals surface area contributed by atoms with E-state index < -0.39 is 4.92 Å². The fourth-order valence-corrected chi connectivity index (χ4v) is 3.97. The van der Waals surface area contributed by atoms with Crippen molar-refractivity contribution in [2.24, 2.45) is 7.05 Å². The van der Waals surface area contributed by atoms with Crippen LogP contribution in [0.1, 0.15) is 5.56 Å². The molecule has 2 aromatic heterocycles. The van der Waals surface area contributed by atoms with Gasteiger partial charge in [-0.1, -0.05) is 12.1 Å². The third kappa shape index (κ3) is 5.05. The molecule has 4 aromatic rings. The van der Waals surface area contributed by atoms with Crippen LogP contribution >= 0.6 is 0 Å². The zero-order valence-corrected chi connectivity index (χ0v) is 21.3. The van der Waals surface area contributed by atoms with Gasteiger partial charge in [-0.3, -0.25) is 14.8 Å². The number of fused-ring (bicyclic) bond motifs is 1. The second-order valence-electron chi connectivity index (χ2n) is 8.91. The van der Waals surface area contributed by atoms with Crippen LogP contribution in [-0.2, 0) is 7.05 Å². The third-order valence-corrected chi connectivity index (χ3v) is 5.94. The van der Waals surface area contributed by atoms with Gasteiger partial charge in [-0.15, -0.1) is 0 Å². The number of nitro benzene ring substituents is 1. The molecule has 2 heterocycles. The summed E-state index contributed by atoms with van der Waals surface area (Å²) >= 11 is 0. The average molecular weight is 491 g/mol. The normalized spacial score (nSPS) is 11.2. The molecular formula is C25H30N8O3. The topological polar surface area (TPSA) is 114 Å². The van der Waals surface area contributed by atoms with Gasteiger partial charge in [0.1, 0.15) is 17.1 Å². The number of benzene rings is 2. The van der Waals surface area contributed by atoms with Gasteiger partial charge in [0.05, 0.1) is 28.9 Å². The van der Waals surface area contributed by atoms with Gasteiger partial charge in [0.15, 0.2) is 0 Å². The molecule has 0 amide bonds. The Kier molecular flexibility index (Phi) is 7.02. The first kappa shape index (κ1) is 24.9. The lowest BCUT2D eigenvalue weighted by Crippen LogP contribution is -2.28. The summed E-state index contributed by atoms with van der Waals surface area (Å²) in [5.41, 5.74) is 4.34. The smallest absolute Gasteiger partial charge is 0.294 e. The van der Waals surface area contributed by atoms with Crippen LogP contribution in [0.15, 0.2) is 42.6 Å². The maximum absolute atomic E-state index is 11.9. The van der Waals surface area contributed by atoms with Crippen LogP contribution < -0.4 is 15.0 Å². The van der Waals surface area contributed by atoms with Crippen LogP contribution in [0.4, 0.5) is 23.0 Å². The summed E-state index contributed by atoms with van der Waals surface area (Å²) in [7, 11) is 9.16. The fourth-order valence-electron chi connectivity index (χ4n) is 3.97. The second-order valence-corrected chi connectivity index (χ2v) is 8.91. The summed E-state index contributed by atoms with van der Waals surface area (Å²) in [6.07, 6.45) is 1.63. The Labute approximate surface area is 209 Å². The van der Waals surface area contributed by atoms with E-state index in [1.165, 1.54) is 13.2 Å². The van der Waals surface area contributed by atoms with Crippen LogP contribution in [0.3, 0.4) is 0 Å². The number of aromatic nitrogens is 4. The predicted molar refractivity (Wildman–Crippen MR) is 141 cm³/mol. The Hall–Kier alpha value is -4.25. The summed E-state index contributed by atoms with van der Waals surface area (Å²) in [5.74, 6) is 0.722. The lowest BCUT2D eigenvalue weighted by Gasteiger charge is -2.22. The van der Waals surface area contributed by atoms with E-state index in [1.807, 2.05) is 61.7 Å². The minimum Gasteiger partial charge on any atom is -0.494 e. The van der Waals surface area contributed by atoms with Gasteiger partial charge in [-0.05, 0) is 38.7 Å². The van der Waals surface area contributed by atoms with Crippen LogP contribution in [0.2, 0.25) is 0 Å². The van der Waals surface area contributed by atoms with Crippen LogP contribution in [0.25, 0.3) is 22.3 Å². The number of nitro groups is 1. The Balaban J connectivity index is 1.70. The molecule has 0 aliphatic rings. The third-order valence-electron chi connectivity index (χ3n) is 5.94. The molecule has 0 bridgehead atoms. The number of nitrogens with one attached hydrogen (secondary N) is 1. The highest BCUT2D eigenvalue weighted by molar-refractivity contribution is 5.93. The number of rotatable bonds is 9. The average Bonchev–Trinajstić information content (AvgIpc) is 3.18. The minimum atomic E-state index is -0.397. The van der Waals surface area contributed by atoms with Crippen molar-refractivity contribution in [1.29, 1.82) is 0 Å². The summed E-state index contributed by atoms with van der Waals surface area (Å²) in [5, 5.41) is 20.6. The molecule has 0 unspecified atom stereocenters. The summed E-state index contributed by atoms with van der Waals surface area (Å²) in [6, 6.07) is 11.0. The van der Waals surface area contributed by atoms with Gasteiger partial charge < -0.3 is 19.9 Å². The van der Waals surface area contributed by atoms with Crippen molar-refractivity contribution >= 4 is 33.9 Å². The zero-order valence-electron chi connectivity index (χ0n) is 21.3. The number of aryl methyl sites for hydroxylation is 2. The molecule has 0 radical (unpaired) electrons.